The number of oxazole rings is 1. The van der Waals surface area contributed by atoms with Crippen LogP contribution in [-0.2, 0) is 0 Å². The average molecular weight is 384 g/mol. The monoisotopic (exact) mass is 384 g/mol. The summed E-state index contributed by atoms with van der Waals surface area (Å²) in [5.41, 5.74) is 5.87. The molecule has 6 heteroatoms. The number of pyridine rings is 1. The Balaban J connectivity index is 1.50. The van der Waals surface area contributed by atoms with E-state index in [1.165, 1.54) is 6.39 Å². The van der Waals surface area contributed by atoms with Gasteiger partial charge in [0, 0.05) is 17.4 Å². The highest BCUT2D eigenvalue weighted by molar-refractivity contribution is 5.99. The minimum atomic E-state index is -0.331. The number of aromatic nitrogens is 2. The molecule has 0 saturated heterocycles. The summed E-state index contributed by atoms with van der Waals surface area (Å²) in [5, 5.41) is 5.59. The largest absolute Gasteiger partial charge is 0.444 e. The van der Waals surface area contributed by atoms with Crippen molar-refractivity contribution in [3.8, 4) is 22.5 Å². The Labute approximate surface area is 168 Å². The Hall–Kier alpha value is -3.93. The molecule has 29 heavy (non-hydrogen) atoms. The number of aryl methyl sites for hydroxylation is 2. The first-order chi connectivity index (χ1) is 14.1. The van der Waals surface area contributed by atoms with E-state index < -0.39 is 0 Å². The molecular formula is C23H20N4O2. The molecule has 2 amide bonds. The third kappa shape index (κ3) is 4.16. The zero-order valence-corrected chi connectivity index (χ0v) is 16.1. The van der Waals surface area contributed by atoms with E-state index in [1.807, 2.05) is 49.4 Å². The van der Waals surface area contributed by atoms with Crippen molar-refractivity contribution in [2.75, 3.05) is 10.6 Å². The fourth-order valence-corrected chi connectivity index (χ4v) is 3.06. The van der Waals surface area contributed by atoms with Crippen LogP contribution in [0.5, 0.6) is 0 Å². The lowest BCUT2D eigenvalue weighted by Crippen LogP contribution is -2.20. The summed E-state index contributed by atoms with van der Waals surface area (Å²) < 4.78 is 5.40. The Bertz CT molecular complexity index is 1140. The van der Waals surface area contributed by atoms with Crippen LogP contribution in [0.15, 0.2) is 77.8 Å². The highest BCUT2D eigenvalue weighted by atomic mass is 16.3. The van der Waals surface area contributed by atoms with Crippen molar-refractivity contribution >= 4 is 17.5 Å². The van der Waals surface area contributed by atoms with Gasteiger partial charge in [0.25, 0.3) is 0 Å². The van der Waals surface area contributed by atoms with Crippen LogP contribution in [0, 0.1) is 13.8 Å². The first-order valence-corrected chi connectivity index (χ1v) is 9.20. The molecule has 0 spiro atoms. The van der Waals surface area contributed by atoms with Gasteiger partial charge in [0.2, 0.25) is 0 Å². The molecule has 144 valence electrons. The van der Waals surface area contributed by atoms with Crippen molar-refractivity contribution in [1.29, 1.82) is 0 Å². The normalized spacial score (nSPS) is 10.6. The number of rotatable bonds is 4. The van der Waals surface area contributed by atoms with Crippen molar-refractivity contribution < 1.29 is 9.21 Å². The highest BCUT2D eigenvalue weighted by Gasteiger charge is 2.09. The molecule has 2 N–H and O–H groups in total. The minimum absolute atomic E-state index is 0.331. The molecule has 0 saturated carbocycles. The first-order valence-electron chi connectivity index (χ1n) is 9.20. The zero-order chi connectivity index (χ0) is 20.2. The van der Waals surface area contributed by atoms with Crippen molar-refractivity contribution in [1.82, 2.24) is 9.97 Å². The molecule has 4 aromatic rings. The lowest BCUT2D eigenvalue weighted by molar-refractivity contribution is 0.262. The van der Waals surface area contributed by atoms with Gasteiger partial charge in [-0.15, -0.1) is 0 Å². The summed E-state index contributed by atoms with van der Waals surface area (Å²) in [6, 6.07) is 17.3. The molecule has 2 aromatic heterocycles. The lowest BCUT2D eigenvalue weighted by atomic mass is 9.97. The van der Waals surface area contributed by atoms with Gasteiger partial charge in [0.1, 0.15) is 5.82 Å². The number of amides is 2. The summed E-state index contributed by atoms with van der Waals surface area (Å²) in [5.74, 6) is 1.27. The van der Waals surface area contributed by atoms with E-state index in [2.05, 4.69) is 39.7 Å². The van der Waals surface area contributed by atoms with Crippen molar-refractivity contribution in [2.24, 2.45) is 0 Å². The van der Waals surface area contributed by atoms with E-state index in [0.717, 1.165) is 33.6 Å². The Morgan fingerprint density at radius 1 is 0.931 bits per heavy atom. The number of urea groups is 1. The zero-order valence-electron chi connectivity index (χ0n) is 16.1. The van der Waals surface area contributed by atoms with Crippen LogP contribution in [0.1, 0.15) is 11.1 Å². The minimum Gasteiger partial charge on any atom is -0.444 e. The number of carbonyl (C=O) groups is 1. The maximum atomic E-state index is 12.2. The number of benzene rings is 2. The Morgan fingerprint density at radius 2 is 1.72 bits per heavy atom. The Morgan fingerprint density at radius 3 is 2.45 bits per heavy atom. The molecule has 0 radical (unpaired) electrons. The molecule has 0 atom stereocenters. The quantitative estimate of drug-likeness (QED) is 0.475. The molecule has 0 aliphatic heterocycles. The average Bonchev–Trinajstić information content (AvgIpc) is 3.26. The van der Waals surface area contributed by atoms with Crippen LogP contribution < -0.4 is 10.6 Å². The van der Waals surface area contributed by atoms with Crippen LogP contribution in [0.2, 0.25) is 0 Å². The summed E-state index contributed by atoms with van der Waals surface area (Å²) in [4.78, 5) is 20.4. The number of hydrogen-bond acceptors (Lipinski definition) is 4. The van der Waals surface area contributed by atoms with Crippen LogP contribution in [0.3, 0.4) is 0 Å². The van der Waals surface area contributed by atoms with E-state index in [0.29, 0.717) is 11.5 Å². The first kappa shape index (κ1) is 18.4. The molecule has 6 nitrogen and oxygen atoms in total. The number of nitrogens with one attached hydrogen (secondary N) is 2. The molecular weight excluding hydrogens is 364 g/mol. The number of anilines is 2. The highest BCUT2D eigenvalue weighted by Crippen LogP contribution is 2.30. The van der Waals surface area contributed by atoms with Gasteiger partial charge >= 0.3 is 6.03 Å². The van der Waals surface area contributed by atoms with Gasteiger partial charge in [0.05, 0.1) is 6.20 Å². The van der Waals surface area contributed by atoms with Gasteiger partial charge in [-0.3, -0.25) is 5.32 Å². The second kappa shape index (κ2) is 7.98. The van der Waals surface area contributed by atoms with E-state index in [-0.39, 0.29) is 6.03 Å². The SMILES string of the molecule is Cc1ccc(-c2cnco2)cc1-c1ccc(NC(=O)Nc2ncccc2C)cc1. The fourth-order valence-electron chi connectivity index (χ4n) is 3.06. The van der Waals surface area contributed by atoms with Gasteiger partial charge in [-0.25, -0.2) is 14.8 Å². The van der Waals surface area contributed by atoms with Crippen LogP contribution >= 0.6 is 0 Å². The number of hydrogen-bond donors (Lipinski definition) is 2. The molecule has 2 aromatic carbocycles. The second-order valence-corrected chi connectivity index (χ2v) is 6.72. The maximum absolute atomic E-state index is 12.2. The van der Waals surface area contributed by atoms with Crippen molar-refractivity contribution in [3.63, 3.8) is 0 Å². The molecule has 0 unspecified atom stereocenters. The predicted octanol–water partition coefficient (Wildman–Crippen LogP) is 5.66. The van der Waals surface area contributed by atoms with Crippen LogP contribution in [-0.4, -0.2) is 16.0 Å². The van der Waals surface area contributed by atoms with E-state index >= 15 is 0 Å². The fraction of sp³-hybridized carbons (Fsp3) is 0.0870. The third-order valence-corrected chi connectivity index (χ3v) is 4.65. The summed E-state index contributed by atoms with van der Waals surface area (Å²) >= 11 is 0. The molecule has 0 aliphatic rings. The molecule has 0 fully saturated rings. The number of nitrogens with zero attached hydrogens (tertiary/aromatic N) is 2. The van der Waals surface area contributed by atoms with Crippen LogP contribution in [0.25, 0.3) is 22.5 Å². The Kier molecular flexibility index (Phi) is 5.07. The van der Waals surface area contributed by atoms with Gasteiger partial charge in [-0.05, 0) is 60.4 Å². The summed E-state index contributed by atoms with van der Waals surface area (Å²) in [6.45, 7) is 3.96. The standard InChI is InChI=1S/C23H20N4O2/c1-15-5-6-18(21-13-24-14-29-21)12-20(15)17-7-9-19(10-8-17)26-23(28)27-22-16(2)4-3-11-25-22/h3-14H,1-2H3,(H2,25,26,27,28). The summed E-state index contributed by atoms with van der Waals surface area (Å²) in [6.07, 6.45) is 4.77. The third-order valence-electron chi connectivity index (χ3n) is 4.65. The van der Waals surface area contributed by atoms with E-state index in [4.69, 9.17) is 4.42 Å². The molecule has 0 aliphatic carbocycles. The number of carbonyl (C=O) groups excluding carboxylic acids is 1. The van der Waals surface area contributed by atoms with E-state index in [1.54, 1.807) is 12.4 Å². The smallest absolute Gasteiger partial charge is 0.324 e. The van der Waals surface area contributed by atoms with E-state index in [9.17, 15) is 4.79 Å². The van der Waals surface area contributed by atoms with Gasteiger partial charge < -0.3 is 9.73 Å². The topological polar surface area (TPSA) is 80.0 Å². The van der Waals surface area contributed by atoms with Gasteiger partial charge in [-0.2, -0.15) is 0 Å². The van der Waals surface area contributed by atoms with Crippen molar-refractivity contribution in [2.45, 2.75) is 13.8 Å². The molecule has 2 heterocycles. The molecule has 4 rings (SSSR count). The van der Waals surface area contributed by atoms with Crippen molar-refractivity contribution in [3.05, 3.63) is 84.5 Å². The second-order valence-electron chi connectivity index (χ2n) is 6.72. The maximum Gasteiger partial charge on any atom is 0.324 e. The molecule has 0 bridgehead atoms. The predicted molar refractivity (Wildman–Crippen MR) is 114 cm³/mol. The van der Waals surface area contributed by atoms with Gasteiger partial charge in [0.15, 0.2) is 12.2 Å². The summed E-state index contributed by atoms with van der Waals surface area (Å²) in [7, 11) is 0. The van der Waals surface area contributed by atoms with Crippen LogP contribution in [0.4, 0.5) is 16.3 Å². The lowest BCUT2D eigenvalue weighted by Gasteiger charge is -2.11. The van der Waals surface area contributed by atoms with Gasteiger partial charge in [-0.1, -0.05) is 30.3 Å².